The summed E-state index contributed by atoms with van der Waals surface area (Å²) < 4.78 is 0. The third-order valence-electron chi connectivity index (χ3n) is 2.95. The van der Waals surface area contributed by atoms with E-state index in [0.717, 1.165) is 23.6 Å². The van der Waals surface area contributed by atoms with Crippen LogP contribution in [-0.2, 0) is 4.79 Å². The van der Waals surface area contributed by atoms with Crippen LogP contribution in [0.3, 0.4) is 0 Å². The van der Waals surface area contributed by atoms with Crippen molar-refractivity contribution in [1.29, 1.82) is 5.26 Å². The summed E-state index contributed by atoms with van der Waals surface area (Å²) in [7, 11) is 0. The highest BCUT2D eigenvalue weighted by molar-refractivity contribution is 5.94. The number of hydrogen-bond acceptors (Lipinski definition) is 5. The van der Waals surface area contributed by atoms with Gasteiger partial charge in [-0.05, 0) is 25.0 Å². The van der Waals surface area contributed by atoms with Gasteiger partial charge < -0.3 is 10.6 Å². The van der Waals surface area contributed by atoms with Gasteiger partial charge in [-0.1, -0.05) is 0 Å². The minimum absolute atomic E-state index is 0.355. The van der Waals surface area contributed by atoms with Crippen molar-refractivity contribution in [3.63, 3.8) is 0 Å². The lowest BCUT2D eigenvalue weighted by atomic mass is 10.2. The van der Waals surface area contributed by atoms with Crippen LogP contribution in [0.5, 0.6) is 0 Å². The van der Waals surface area contributed by atoms with Crippen LogP contribution in [0.2, 0.25) is 0 Å². The molecule has 1 aliphatic carbocycles. The van der Waals surface area contributed by atoms with E-state index in [1.165, 1.54) is 0 Å². The van der Waals surface area contributed by atoms with Gasteiger partial charge in [-0.25, -0.2) is 9.97 Å². The molecule has 0 aliphatic heterocycles. The molecule has 0 unspecified atom stereocenters. The summed E-state index contributed by atoms with van der Waals surface area (Å²) in [6.45, 7) is 0. The largest absolute Gasteiger partial charge is 0.367 e. The molecule has 0 bridgehead atoms. The Balaban J connectivity index is 2.13. The van der Waals surface area contributed by atoms with E-state index in [0.29, 0.717) is 29.8 Å². The molecule has 1 fully saturated rings. The average molecular weight is 253 g/mol. The molecule has 6 heteroatoms. The van der Waals surface area contributed by atoms with Crippen molar-refractivity contribution in [3.8, 4) is 6.07 Å². The summed E-state index contributed by atoms with van der Waals surface area (Å²) >= 11 is 0. The number of anilines is 2. The molecule has 1 saturated carbocycles. The van der Waals surface area contributed by atoms with E-state index in [-0.39, 0.29) is 0 Å². The molecule has 2 aromatic rings. The normalized spacial score (nSPS) is 13.8. The number of nitrogens with zero attached hydrogens (tertiary/aromatic N) is 3. The number of rotatable bonds is 4. The van der Waals surface area contributed by atoms with Crippen molar-refractivity contribution in [3.05, 3.63) is 24.0 Å². The Kier molecular flexibility index (Phi) is 2.72. The van der Waals surface area contributed by atoms with Crippen molar-refractivity contribution in [1.82, 2.24) is 9.97 Å². The fourth-order valence-corrected chi connectivity index (χ4v) is 1.87. The minimum atomic E-state index is 0.355. The van der Waals surface area contributed by atoms with Gasteiger partial charge >= 0.3 is 0 Å². The van der Waals surface area contributed by atoms with Crippen molar-refractivity contribution < 1.29 is 4.79 Å². The first kappa shape index (κ1) is 11.4. The van der Waals surface area contributed by atoms with Gasteiger partial charge in [0.1, 0.15) is 23.4 Å². The average Bonchev–Trinajstić information content (AvgIpc) is 3.23. The molecule has 0 radical (unpaired) electrons. The van der Waals surface area contributed by atoms with Crippen LogP contribution in [0.1, 0.15) is 18.5 Å². The SMILES string of the molecule is N#Cc1cc2cnc(NC=O)cc2c(NC2CC2)n1. The fourth-order valence-electron chi connectivity index (χ4n) is 1.87. The van der Waals surface area contributed by atoms with Gasteiger partial charge in [-0.15, -0.1) is 0 Å². The van der Waals surface area contributed by atoms with Gasteiger partial charge in [-0.2, -0.15) is 5.26 Å². The lowest BCUT2D eigenvalue weighted by molar-refractivity contribution is -0.105. The maximum atomic E-state index is 10.5. The van der Waals surface area contributed by atoms with Crippen molar-refractivity contribution in [2.45, 2.75) is 18.9 Å². The molecule has 6 nitrogen and oxygen atoms in total. The summed E-state index contributed by atoms with van der Waals surface area (Å²) in [6.07, 6.45) is 4.44. The first-order valence-electron chi connectivity index (χ1n) is 5.98. The summed E-state index contributed by atoms with van der Waals surface area (Å²) in [5, 5.41) is 16.5. The first-order chi connectivity index (χ1) is 9.30. The Hall–Kier alpha value is -2.68. The topological polar surface area (TPSA) is 90.7 Å². The van der Waals surface area contributed by atoms with E-state index in [2.05, 4.69) is 20.6 Å². The number of fused-ring (bicyclic) bond motifs is 1. The quantitative estimate of drug-likeness (QED) is 0.808. The van der Waals surface area contributed by atoms with E-state index in [9.17, 15) is 4.79 Å². The Morgan fingerprint density at radius 3 is 2.95 bits per heavy atom. The van der Waals surface area contributed by atoms with Crippen LogP contribution in [0.4, 0.5) is 11.6 Å². The Bertz CT molecular complexity index is 687. The Labute approximate surface area is 109 Å². The van der Waals surface area contributed by atoms with Crippen LogP contribution >= 0.6 is 0 Å². The van der Waals surface area contributed by atoms with Crippen molar-refractivity contribution in [2.75, 3.05) is 10.6 Å². The van der Waals surface area contributed by atoms with Gasteiger partial charge in [0.05, 0.1) is 0 Å². The zero-order valence-electron chi connectivity index (χ0n) is 10.1. The van der Waals surface area contributed by atoms with Crippen molar-refractivity contribution in [2.24, 2.45) is 0 Å². The van der Waals surface area contributed by atoms with Gasteiger partial charge in [-0.3, -0.25) is 4.79 Å². The maximum absolute atomic E-state index is 10.5. The molecule has 94 valence electrons. The van der Waals surface area contributed by atoms with Crippen LogP contribution in [0, 0.1) is 11.3 Å². The molecule has 2 aromatic heterocycles. The van der Waals surface area contributed by atoms with E-state index in [4.69, 9.17) is 5.26 Å². The van der Waals surface area contributed by atoms with E-state index in [1.807, 2.05) is 6.07 Å². The van der Waals surface area contributed by atoms with Crippen LogP contribution < -0.4 is 10.6 Å². The first-order valence-corrected chi connectivity index (χ1v) is 5.98. The second-order valence-electron chi connectivity index (χ2n) is 4.44. The van der Waals surface area contributed by atoms with Crippen LogP contribution in [0.25, 0.3) is 10.8 Å². The predicted octanol–water partition coefficient (Wildman–Crippen LogP) is 1.64. The monoisotopic (exact) mass is 253 g/mol. The lowest BCUT2D eigenvalue weighted by Crippen LogP contribution is -2.05. The third-order valence-corrected chi connectivity index (χ3v) is 2.95. The summed E-state index contributed by atoms with van der Waals surface area (Å²) in [5.74, 6) is 1.14. The van der Waals surface area contributed by atoms with Gasteiger partial charge in [0.25, 0.3) is 0 Å². The van der Waals surface area contributed by atoms with E-state index < -0.39 is 0 Å². The summed E-state index contributed by atoms with van der Waals surface area (Å²) in [6, 6.07) is 5.91. The number of hydrogen-bond donors (Lipinski definition) is 2. The Morgan fingerprint density at radius 1 is 1.42 bits per heavy atom. The zero-order chi connectivity index (χ0) is 13.2. The van der Waals surface area contributed by atoms with Gasteiger partial charge in [0.15, 0.2) is 0 Å². The Morgan fingerprint density at radius 2 is 2.26 bits per heavy atom. The molecule has 0 aromatic carbocycles. The van der Waals surface area contributed by atoms with Crippen molar-refractivity contribution >= 4 is 28.8 Å². The van der Waals surface area contributed by atoms with Crippen LogP contribution in [0.15, 0.2) is 18.3 Å². The zero-order valence-corrected chi connectivity index (χ0v) is 10.1. The molecular formula is C13H11N5O. The number of nitrogens with one attached hydrogen (secondary N) is 2. The standard InChI is InChI=1S/C13H11N5O/c14-5-10-3-8-6-15-12(16-7-19)4-11(8)13(18-10)17-9-1-2-9/h3-4,6-7,9H,1-2H2,(H,17,18)(H,15,16,19). The second kappa shape index (κ2) is 4.53. The highest BCUT2D eigenvalue weighted by atomic mass is 16.1. The molecule has 2 heterocycles. The highest BCUT2D eigenvalue weighted by Gasteiger charge is 2.22. The highest BCUT2D eigenvalue weighted by Crippen LogP contribution is 2.29. The smallest absolute Gasteiger partial charge is 0.212 e. The van der Waals surface area contributed by atoms with E-state index >= 15 is 0 Å². The predicted molar refractivity (Wildman–Crippen MR) is 70.6 cm³/mol. The van der Waals surface area contributed by atoms with Gasteiger partial charge in [0, 0.05) is 23.0 Å². The molecule has 19 heavy (non-hydrogen) atoms. The third kappa shape index (κ3) is 2.31. The number of aromatic nitrogens is 2. The van der Waals surface area contributed by atoms with Gasteiger partial charge in [0.2, 0.25) is 6.41 Å². The summed E-state index contributed by atoms with van der Waals surface area (Å²) in [4.78, 5) is 18.8. The number of nitriles is 1. The molecule has 0 saturated heterocycles. The lowest BCUT2D eigenvalue weighted by Gasteiger charge is -2.09. The summed E-state index contributed by atoms with van der Waals surface area (Å²) in [5.41, 5.74) is 0.355. The molecule has 0 atom stereocenters. The minimum Gasteiger partial charge on any atom is -0.367 e. The molecule has 1 aliphatic rings. The molecule has 2 N–H and O–H groups in total. The number of carbonyl (C=O) groups excluding carboxylic acids is 1. The fraction of sp³-hybridized carbons (Fsp3) is 0.231. The molecule has 0 spiro atoms. The number of pyridine rings is 2. The number of amides is 1. The molecular weight excluding hydrogens is 242 g/mol. The van der Waals surface area contributed by atoms with Crippen LogP contribution in [-0.4, -0.2) is 22.4 Å². The molecule has 1 amide bonds. The van der Waals surface area contributed by atoms with E-state index in [1.54, 1.807) is 18.3 Å². The molecule has 3 rings (SSSR count). The second-order valence-corrected chi connectivity index (χ2v) is 4.44. The maximum Gasteiger partial charge on any atom is 0.212 e. The number of carbonyl (C=O) groups is 1.